The molecule has 0 amide bonds. The number of benzene rings is 2. The van der Waals surface area contributed by atoms with Crippen molar-refractivity contribution >= 4 is 17.3 Å². The summed E-state index contributed by atoms with van der Waals surface area (Å²) in [6.45, 7) is 0.988. The maximum absolute atomic E-state index is 11.5. The molecule has 0 spiro atoms. The predicted molar refractivity (Wildman–Crippen MR) is 101 cm³/mol. The maximum atomic E-state index is 11.5. The van der Waals surface area contributed by atoms with Gasteiger partial charge in [-0.2, -0.15) is 0 Å². The molecule has 2 N–H and O–H groups in total. The van der Waals surface area contributed by atoms with E-state index >= 15 is 0 Å². The third kappa shape index (κ3) is 4.54. The van der Waals surface area contributed by atoms with E-state index in [1.807, 2.05) is 60.7 Å². The van der Waals surface area contributed by atoms with Crippen molar-refractivity contribution in [1.82, 2.24) is 9.97 Å². The highest BCUT2D eigenvalue weighted by molar-refractivity contribution is 5.69. The Hall–Kier alpha value is -3.48. The maximum Gasteiger partial charge on any atom is 0.353 e. The van der Waals surface area contributed by atoms with Gasteiger partial charge in [-0.3, -0.25) is 10.1 Å². The van der Waals surface area contributed by atoms with Crippen molar-refractivity contribution < 1.29 is 4.92 Å². The molecule has 2 aromatic carbocycles. The van der Waals surface area contributed by atoms with Gasteiger partial charge in [0.1, 0.15) is 6.33 Å². The zero-order chi connectivity index (χ0) is 18.2. The highest BCUT2D eigenvalue weighted by atomic mass is 16.6. The van der Waals surface area contributed by atoms with Crippen LogP contribution >= 0.6 is 0 Å². The molecule has 3 rings (SSSR count). The van der Waals surface area contributed by atoms with E-state index in [2.05, 4.69) is 20.6 Å². The van der Waals surface area contributed by atoms with Gasteiger partial charge in [0.25, 0.3) is 0 Å². The monoisotopic (exact) mass is 349 g/mol. The van der Waals surface area contributed by atoms with Crippen LogP contribution in [-0.2, 0) is 13.0 Å². The van der Waals surface area contributed by atoms with E-state index in [9.17, 15) is 10.1 Å². The summed E-state index contributed by atoms with van der Waals surface area (Å²) in [4.78, 5) is 19.2. The lowest BCUT2D eigenvalue weighted by molar-refractivity contribution is -0.383. The van der Waals surface area contributed by atoms with Gasteiger partial charge in [0.15, 0.2) is 0 Å². The first-order valence-corrected chi connectivity index (χ1v) is 8.29. The van der Waals surface area contributed by atoms with E-state index in [0.29, 0.717) is 13.1 Å². The third-order valence-electron chi connectivity index (χ3n) is 3.86. The molecule has 7 heteroatoms. The SMILES string of the molecule is O=[N+]([O-])c1c(NCCc2ccccc2)ncnc1NCc1ccccc1. The van der Waals surface area contributed by atoms with Gasteiger partial charge >= 0.3 is 5.69 Å². The molecule has 0 bridgehead atoms. The van der Waals surface area contributed by atoms with Crippen molar-refractivity contribution in [2.45, 2.75) is 13.0 Å². The van der Waals surface area contributed by atoms with Crippen LogP contribution in [0, 0.1) is 10.1 Å². The second kappa shape index (κ2) is 8.57. The second-order valence-corrected chi connectivity index (χ2v) is 5.68. The van der Waals surface area contributed by atoms with Crippen molar-refractivity contribution in [1.29, 1.82) is 0 Å². The summed E-state index contributed by atoms with van der Waals surface area (Å²) in [7, 11) is 0. The molecule has 0 saturated carbocycles. The van der Waals surface area contributed by atoms with E-state index in [0.717, 1.165) is 17.5 Å². The Bertz CT molecular complexity index is 856. The summed E-state index contributed by atoms with van der Waals surface area (Å²) >= 11 is 0. The molecule has 3 aromatic rings. The fourth-order valence-corrected chi connectivity index (χ4v) is 2.56. The van der Waals surface area contributed by atoms with Gasteiger partial charge in [0.2, 0.25) is 11.6 Å². The molecule has 0 aliphatic carbocycles. The first-order valence-electron chi connectivity index (χ1n) is 8.29. The molecule has 1 aromatic heterocycles. The normalized spacial score (nSPS) is 10.3. The standard InChI is InChI=1S/C19H19N5O2/c25-24(26)17-18(20-12-11-15-7-3-1-4-8-15)22-14-23-19(17)21-13-16-9-5-2-6-10-16/h1-10,14H,11-13H2,(H2,20,21,22,23). The van der Waals surface area contributed by atoms with Gasteiger partial charge in [-0.1, -0.05) is 60.7 Å². The Balaban J connectivity index is 1.70. The van der Waals surface area contributed by atoms with E-state index in [1.165, 1.54) is 6.33 Å². The predicted octanol–water partition coefficient (Wildman–Crippen LogP) is 3.65. The summed E-state index contributed by atoms with van der Waals surface area (Å²) in [5, 5.41) is 17.6. The average molecular weight is 349 g/mol. The zero-order valence-electron chi connectivity index (χ0n) is 14.1. The van der Waals surface area contributed by atoms with Crippen LogP contribution in [0.2, 0.25) is 0 Å². The lowest BCUT2D eigenvalue weighted by Crippen LogP contribution is -2.12. The Morgan fingerprint density at radius 3 is 2.04 bits per heavy atom. The van der Waals surface area contributed by atoms with Crippen molar-refractivity contribution in [3.05, 3.63) is 88.2 Å². The van der Waals surface area contributed by atoms with Gasteiger partial charge in [-0.25, -0.2) is 9.97 Å². The number of anilines is 2. The summed E-state index contributed by atoms with van der Waals surface area (Å²) in [6.07, 6.45) is 2.07. The highest BCUT2D eigenvalue weighted by Crippen LogP contribution is 2.29. The largest absolute Gasteiger partial charge is 0.364 e. The summed E-state index contributed by atoms with van der Waals surface area (Å²) in [5.41, 5.74) is 2.02. The minimum Gasteiger partial charge on any atom is -0.364 e. The summed E-state index contributed by atoms with van der Waals surface area (Å²) in [5.74, 6) is 0.424. The van der Waals surface area contributed by atoms with Crippen molar-refractivity contribution in [2.24, 2.45) is 0 Å². The van der Waals surface area contributed by atoms with E-state index < -0.39 is 4.92 Å². The minimum absolute atomic E-state index is 0.142. The van der Waals surface area contributed by atoms with E-state index in [1.54, 1.807) is 0 Å². The quantitative estimate of drug-likeness (QED) is 0.476. The van der Waals surface area contributed by atoms with Crippen LogP contribution in [-0.4, -0.2) is 21.4 Å². The first-order chi connectivity index (χ1) is 12.7. The molecule has 0 fully saturated rings. The number of hydrogen-bond acceptors (Lipinski definition) is 6. The van der Waals surface area contributed by atoms with E-state index in [-0.39, 0.29) is 17.3 Å². The smallest absolute Gasteiger partial charge is 0.353 e. The molecule has 132 valence electrons. The molecule has 0 radical (unpaired) electrons. The highest BCUT2D eigenvalue weighted by Gasteiger charge is 2.22. The number of aromatic nitrogens is 2. The number of nitro groups is 1. The number of rotatable bonds is 8. The van der Waals surface area contributed by atoms with Gasteiger partial charge in [-0.15, -0.1) is 0 Å². The van der Waals surface area contributed by atoms with Crippen LogP contribution in [0.1, 0.15) is 11.1 Å². The van der Waals surface area contributed by atoms with E-state index in [4.69, 9.17) is 0 Å². The van der Waals surface area contributed by atoms with Crippen molar-refractivity contribution in [3.8, 4) is 0 Å². The third-order valence-corrected chi connectivity index (χ3v) is 3.86. The van der Waals surface area contributed by atoms with Gasteiger partial charge < -0.3 is 10.6 Å². The molecule has 0 aliphatic rings. The molecule has 0 atom stereocenters. The van der Waals surface area contributed by atoms with Gasteiger partial charge in [0, 0.05) is 13.1 Å². The molecule has 7 nitrogen and oxygen atoms in total. The van der Waals surface area contributed by atoms with Gasteiger partial charge in [-0.05, 0) is 17.5 Å². The fourth-order valence-electron chi connectivity index (χ4n) is 2.56. The summed E-state index contributed by atoms with van der Waals surface area (Å²) < 4.78 is 0. The van der Waals surface area contributed by atoms with Crippen LogP contribution in [0.15, 0.2) is 67.0 Å². The van der Waals surface area contributed by atoms with Crippen molar-refractivity contribution in [2.75, 3.05) is 17.2 Å². The summed E-state index contributed by atoms with van der Waals surface area (Å²) in [6, 6.07) is 19.6. The zero-order valence-corrected chi connectivity index (χ0v) is 14.1. The van der Waals surface area contributed by atoms with Crippen LogP contribution in [0.25, 0.3) is 0 Å². The number of hydrogen-bond donors (Lipinski definition) is 2. The lowest BCUT2D eigenvalue weighted by atomic mass is 10.1. The molecular weight excluding hydrogens is 330 g/mol. The Morgan fingerprint density at radius 1 is 0.846 bits per heavy atom. The Morgan fingerprint density at radius 2 is 1.42 bits per heavy atom. The van der Waals surface area contributed by atoms with Crippen LogP contribution in [0.5, 0.6) is 0 Å². The molecule has 0 aliphatic heterocycles. The van der Waals surface area contributed by atoms with Crippen LogP contribution in [0.3, 0.4) is 0 Å². The van der Waals surface area contributed by atoms with Gasteiger partial charge in [0.05, 0.1) is 4.92 Å². The van der Waals surface area contributed by atoms with Crippen LogP contribution in [0.4, 0.5) is 17.3 Å². The molecule has 26 heavy (non-hydrogen) atoms. The van der Waals surface area contributed by atoms with Crippen molar-refractivity contribution in [3.63, 3.8) is 0 Å². The molecule has 0 saturated heterocycles. The molecule has 0 unspecified atom stereocenters. The first kappa shape index (κ1) is 17.3. The molecular formula is C19H19N5O2. The second-order valence-electron chi connectivity index (χ2n) is 5.68. The fraction of sp³-hybridized carbons (Fsp3) is 0.158. The Labute approximate surface area is 151 Å². The number of nitrogens with zero attached hydrogens (tertiary/aromatic N) is 3. The molecule has 1 heterocycles. The van der Waals surface area contributed by atoms with Crippen LogP contribution < -0.4 is 10.6 Å². The lowest BCUT2D eigenvalue weighted by Gasteiger charge is -2.10. The minimum atomic E-state index is -0.460. The topological polar surface area (TPSA) is 93.0 Å². The Kier molecular flexibility index (Phi) is 5.72. The number of nitrogens with one attached hydrogen (secondary N) is 2. The average Bonchev–Trinajstić information content (AvgIpc) is 2.68.